The maximum atomic E-state index is 12.3. The maximum Gasteiger partial charge on any atom is 0.374 e. The Morgan fingerprint density at radius 2 is 2.03 bits per heavy atom. The Morgan fingerprint density at radius 1 is 1.17 bits per heavy atom. The number of carbonyl (C=O) groups excluding carboxylic acids is 1. The van der Waals surface area contributed by atoms with Crippen molar-refractivity contribution in [2.45, 2.75) is 26.1 Å². The van der Waals surface area contributed by atoms with E-state index < -0.39 is 5.97 Å². The van der Waals surface area contributed by atoms with Crippen molar-refractivity contribution in [1.29, 1.82) is 0 Å². The summed E-state index contributed by atoms with van der Waals surface area (Å²) >= 11 is 0. The van der Waals surface area contributed by atoms with E-state index in [1.807, 2.05) is 25.1 Å². The highest BCUT2D eigenvalue weighted by molar-refractivity contribution is 5.88. The standard InChI is InChI=1S/C23H17NO6/c1-13-8-15-9-14(6-7-19(15)28-13)21-10-16(24-30-21)12-27-23(26)22-11-18(25)17-4-2-3-5-20(17)29-22/h2-7,9-11,13H,8,12H2,1H3. The van der Waals surface area contributed by atoms with Gasteiger partial charge in [0.15, 0.2) is 11.2 Å². The SMILES string of the molecule is CC1Cc2cc(-c3cc(COC(=O)c4cc(=O)c5ccccc5o4)no3)ccc2O1. The number of carbonyl (C=O) groups is 1. The number of esters is 1. The molecule has 1 aliphatic heterocycles. The summed E-state index contributed by atoms with van der Waals surface area (Å²) < 4.78 is 21.8. The molecule has 0 saturated heterocycles. The summed E-state index contributed by atoms with van der Waals surface area (Å²) in [6.45, 7) is 1.92. The molecule has 7 heteroatoms. The number of ether oxygens (including phenoxy) is 2. The van der Waals surface area contributed by atoms with Crippen LogP contribution in [0.2, 0.25) is 0 Å². The molecule has 0 aliphatic carbocycles. The van der Waals surface area contributed by atoms with E-state index in [-0.39, 0.29) is 23.9 Å². The van der Waals surface area contributed by atoms with Crippen LogP contribution in [0.4, 0.5) is 0 Å². The number of hydrogen-bond donors (Lipinski definition) is 0. The van der Waals surface area contributed by atoms with E-state index >= 15 is 0 Å². The van der Waals surface area contributed by atoms with Gasteiger partial charge in [0.2, 0.25) is 5.76 Å². The van der Waals surface area contributed by atoms with Crippen LogP contribution in [0.15, 0.2) is 68.3 Å². The molecule has 2 aromatic carbocycles. The molecule has 1 aliphatic rings. The second-order valence-corrected chi connectivity index (χ2v) is 7.18. The summed E-state index contributed by atoms with van der Waals surface area (Å²) in [4.78, 5) is 24.5. The first kappa shape index (κ1) is 18.2. The third-order valence-electron chi connectivity index (χ3n) is 4.93. The van der Waals surface area contributed by atoms with E-state index in [9.17, 15) is 9.59 Å². The van der Waals surface area contributed by atoms with Gasteiger partial charge in [0.25, 0.3) is 0 Å². The van der Waals surface area contributed by atoms with Gasteiger partial charge in [0.05, 0.1) is 5.39 Å². The lowest BCUT2D eigenvalue weighted by atomic mass is 10.1. The molecule has 0 fully saturated rings. The fraction of sp³-hybridized carbons (Fsp3) is 0.174. The normalized spacial score (nSPS) is 15.0. The molecule has 1 atom stereocenters. The van der Waals surface area contributed by atoms with Gasteiger partial charge in [0, 0.05) is 24.1 Å². The highest BCUT2D eigenvalue weighted by atomic mass is 16.5. The summed E-state index contributed by atoms with van der Waals surface area (Å²) in [6.07, 6.45) is 1.01. The molecule has 0 spiro atoms. The molecule has 0 saturated carbocycles. The lowest BCUT2D eigenvalue weighted by Crippen LogP contribution is -2.10. The Labute approximate surface area is 170 Å². The van der Waals surface area contributed by atoms with Crippen molar-refractivity contribution in [3.05, 3.63) is 81.8 Å². The van der Waals surface area contributed by atoms with Gasteiger partial charge >= 0.3 is 5.97 Å². The van der Waals surface area contributed by atoms with Crippen molar-refractivity contribution in [3.8, 4) is 17.1 Å². The van der Waals surface area contributed by atoms with Crippen molar-refractivity contribution in [2.24, 2.45) is 0 Å². The fourth-order valence-electron chi connectivity index (χ4n) is 3.51. The van der Waals surface area contributed by atoms with Gasteiger partial charge in [-0.15, -0.1) is 0 Å². The molecule has 7 nitrogen and oxygen atoms in total. The van der Waals surface area contributed by atoms with E-state index in [4.69, 9.17) is 18.4 Å². The molecule has 4 aromatic rings. The zero-order valence-electron chi connectivity index (χ0n) is 16.1. The molecular weight excluding hydrogens is 386 g/mol. The zero-order valence-corrected chi connectivity index (χ0v) is 16.1. The number of aromatic nitrogens is 1. The van der Waals surface area contributed by atoms with Crippen LogP contribution < -0.4 is 10.2 Å². The largest absolute Gasteiger partial charge is 0.490 e. The number of para-hydroxylation sites is 1. The van der Waals surface area contributed by atoms with Crippen molar-refractivity contribution in [2.75, 3.05) is 0 Å². The van der Waals surface area contributed by atoms with Crippen LogP contribution >= 0.6 is 0 Å². The zero-order chi connectivity index (χ0) is 20.7. The minimum absolute atomic E-state index is 0.107. The average molecular weight is 403 g/mol. The van der Waals surface area contributed by atoms with Gasteiger partial charge in [-0.2, -0.15) is 0 Å². The van der Waals surface area contributed by atoms with Gasteiger partial charge in [-0.3, -0.25) is 4.79 Å². The van der Waals surface area contributed by atoms with E-state index in [0.29, 0.717) is 22.4 Å². The van der Waals surface area contributed by atoms with Gasteiger partial charge in [0.1, 0.15) is 29.7 Å². The fourth-order valence-corrected chi connectivity index (χ4v) is 3.51. The van der Waals surface area contributed by atoms with Crippen molar-refractivity contribution < 1.29 is 23.2 Å². The molecule has 5 rings (SSSR count). The highest BCUT2D eigenvalue weighted by Crippen LogP contribution is 2.33. The monoisotopic (exact) mass is 403 g/mol. The first-order chi connectivity index (χ1) is 14.6. The third-order valence-corrected chi connectivity index (χ3v) is 4.93. The summed E-state index contributed by atoms with van der Waals surface area (Å²) in [6, 6.07) is 15.4. The van der Waals surface area contributed by atoms with Crippen LogP contribution in [0, 0.1) is 0 Å². The van der Waals surface area contributed by atoms with E-state index in [1.165, 1.54) is 0 Å². The smallest absolute Gasteiger partial charge is 0.374 e. The van der Waals surface area contributed by atoms with Crippen LogP contribution in [0.1, 0.15) is 28.7 Å². The highest BCUT2D eigenvalue weighted by Gasteiger charge is 2.20. The predicted molar refractivity (Wildman–Crippen MR) is 107 cm³/mol. The second kappa shape index (κ2) is 7.18. The predicted octanol–water partition coefficient (Wildman–Crippen LogP) is 4.13. The van der Waals surface area contributed by atoms with Crippen LogP contribution in [-0.2, 0) is 17.8 Å². The molecule has 0 radical (unpaired) electrons. The van der Waals surface area contributed by atoms with Gasteiger partial charge < -0.3 is 18.4 Å². The molecule has 30 heavy (non-hydrogen) atoms. The number of rotatable bonds is 4. The number of fused-ring (bicyclic) bond motifs is 2. The Hall–Kier alpha value is -3.87. The molecule has 150 valence electrons. The van der Waals surface area contributed by atoms with Crippen LogP contribution in [0.3, 0.4) is 0 Å². The van der Waals surface area contributed by atoms with Crippen LogP contribution in [0.25, 0.3) is 22.3 Å². The molecule has 3 heterocycles. The summed E-state index contributed by atoms with van der Waals surface area (Å²) in [5.41, 5.74) is 2.47. The van der Waals surface area contributed by atoms with Crippen LogP contribution in [-0.4, -0.2) is 17.2 Å². The molecule has 0 N–H and O–H groups in total. The number of benzene rings is 2. The molecule has 0 amide bonds. The van der Waals surface area contributed by atoms with Gasteiger partial charge in [-0.1, -0.05) is 17.3 Å². The number of hydrogen-bond acceptors (Lipinski definition) is 7. The molecule has 0 bridgehead atoms. The summed E-state index contributed by atoms with van der Waals surface area (Å²) in [7, 11) is 0. The van der Waals surface area contributed by atoms with Gasteiger partial charge in [-0.25, -0.2) is 4.79 Å². The maximum absolute atomic E-state index is 12.3. The minimum Gasteiger partial charge on any atom is -0.490 e. The minimum atomic E-state index is -0.744. The Bertz CT molecular complexity index is 1320. The van der Waals surface area contributed by atoms with Crippen molar-refractivity contribution in [1.82, 2.24) is 5.16 Å². The average Bonchev–Trinajstić information content (AvgIpc) is 3.37. The first-order valence-corrected chi connectivity index (χ1v) is 9.52. The Morgan fingerprint density at radius 3 is 2.93 bits per heavy atom. The van der Waals surface area contributed by atoms with E-state index in [0.717, 1.165) is 29.4 Å². The quantitative estimate of drug-likeness (QED) is 0.473. The van der Waals surface area contributed by atoms with E-state index in [2.05, 4.69) is 5.16 Å². The third kappa shape index (κ3) is 3.34. The molecule has 1 unspecified atom stereocenters. The lowest BCUT2D eigenvalue weighted by Gasteiger charge is -2.03. The van der Waals surface area contributed by atoms with Crippen LogP contribution in [0.5, 0.6) is 5.75 Å². The second-order valence-electron chi connectivity index (χ2n) is 7.18. The molecular formula is C23H17NO6. The van der Waals surface area contributed by atoms with Crippen molar-refractivity contribution in [3.63, 3.8) is 0 Å². The van der Waals surface area contributed by atoms with E-state index in [1.54, 1.807) is 30.3 Å². The Kier molecular flexibility index (Phi) is 4.35. The topological polar surface area (TPSA) is 91.8 Å². The lowest BCUT2D eigenvalue weighted by molar-refractivity contribution is 0.0428. The number of nitrogens with zero attached hydrogens (tertiary/aromatic N) is 1. The van der Waals surface area contributed by atoms with Gasteiger partial charge in [-0.05, 0) is 42.8 Å². The Balaban J connectivity index is 1.30. The summed E-state index contributed by atoms with van der Waals surface area (Å²) in [5, 5.41) is 4.37. The van der Waals surface area contributed by atoms with Crippen molar-refractivity contribution >= 4 is 16.9 Å². The summed E-state index contributed by atoms with van der Waals surface area (Å²) in [5.74, 6) is 0.554. The first-order valence-electron chi connectivity index (χ1n) is 9.52. The molecule has 2 aromatic heterocycles.